The number of halogens is 1. The first-order valence-electron chi connectivity index (χ1n) is 5.98. The summed E-state index contributed by atoms with van der Waals surface area (Å²) in [5.74, 6) is 0.0948. The summed E-state index contributed by atoms with van der Waals surface area (Å²) in [6.45, 7) is 1.71. The molecule has 1 aromatic heterocycles. The van der Waals surface area contributed by atoms with E-state index in [0.29, 0.717) is 12.2 Å². The third-order valence-electron chi connectivity index (χ3n) is 2.71. The van der Waals surface area contributed by atoms with Gasteiger partial charge < -0.3 is 10.2 Å². The molecule has 108 valence electrons. The number of nitrogens with two attached hydrogens (primary N) is 1. The lowest BCUT2D eigenvalue weighted by atomic mass is 10.2. The number of hydrogen-bond donors (Lipinski definition) is 2. The van der Waals surface area contributed by atoms with Crippen molar-refractivity contribution in [2.45, 2.75) is 24.3 Å². The lowest BCUT2D eigenvalue weighted by Crippen LogP contribution is -2.34. The molecule has 0 radical (unpaired) electrons. The zero-order chi connectivity index (χ0) is 14.8. The van der Waals surface area contributed by atoms with Crippen LogP contribution in [0.25, 0.3) is 0 Å². The molecule has 2 aromatic rings. The number of nitrogens with one attached hydrogen (secondary N) is 1. The lowest BCUT2D eigenvalue weighted by Gasteiger charge is -2.14. The van der Waals surface area contributed by atoms with Crippen LogP contribution in [0.3, 0.4) is 0 Å². The van der Waals surface area contributed by atoms with E-state index in [1.807, 2.05) is 0 Å². The molecule has 0 amide bonds. The molecule has 2 rings (SSSR count). The molecule has 1 aromatic carbocycles. The predicted molar refractivity (Wildman–Crippen MR) is 73.0 cm³/mol. The van der Waals surface area contributed by atoms with Crippen LogP contribution in [0.5, 0.6) is 0 Å². The minimum atomic E-state index is -3.79. The van der Waals surface area contributed by atoms with Crippen molar-refractivity contribution >= 4 is 15.7 Å². The van der Waals surface area contributed by atoms with E-state index in [0.717, 1.165) is 18.2 Å². The fourth-order valence-corrected chi connectivity index (χ4v) is 3.22. The maximum absolute atomic E-state index is 12.9. The van der Waals surface area contributed by atoms with Crippen molar-refractivity contribution in [1.29, 1.82) is 0 Å². The Labute approximate surface area is 116 Å². The second kappa shape index (κ2) is 5.64. The van der Waals surface area contributed by atoms with E-state index in [9.17, 15) is 12.8 Å². The maximum atomic E-state index is 12.9. The van der Waals surface area contributed by atoms with Crippen LogP contribution in [0.1, 0.15) is 12.7 Å². The largest absolute Gasteiger partial charge is 0.469 e. The average molecular weight is 298 g/mol. The van der Waals surface area contributed by atoms with Gasteiger partial charge in [-0.1, -0.05) is 0 Å². The fourth-order valence-electron chi connectivity index (χ4n) is 1.86. The van der Waals surface area contributed by atoms with Crippen LogP contribution < -0.4 is 10.5 Å². The summed E-state index contributed by atoms with van der Waals surface area (Å²) in [6.07, 6.45) is 1.93. The molecule has 0 fully saturated rings. The standard InChI is InChI=1S/C13H15FN2O3S/c1-9(7-11-3-2-6-19-11)16-20(17,18)13-5-4-10(14)8-12(13)15/h2-6,8-9,16H,7,15H2,1H3. The van der Waals surface area contributed by atoms with Gasteiger partial charge in [0.2, 0.25) is 10.0 Å². The Balaban J connectivity index is 2.14. The van der Waals surface area contributed by atoms with Crippen LogP contribution in [0.4, 0.5) is 10.1 Å². The molecule has 0 aliphatic carbocycles. The van der Waals surface area contributed by atoms with Gasteiger partial charge in [-0.25, -0.2) is 17.5 Å². The van der Waals surface area contributed by atoms with Gasteiger partial charge in [0.15, 0.2) is 0 Å². The highest BCUT2D eigenvalue weighted by Crippen LogP contribution is 2.19. The van der Waals surface area contributed by atoms with Gasteiger partial charge in [0.1, 0.15) is 16.5 Å². The predicted octanol–water partition coefficient (Wildman–Crippen LogP) is 1.91. The van der Waals surface area contributed by atoms with E-state index in [-0.39, 0.29) is 16.6 Å². The monoisotopic (exact) mass is 298 g/mol. The van der Waals surface area contributed by atoms with Gasteiger partial charge in [-0.3, -0.25) is 0 Å². The van der Waals surface area contributed by atoms with Crippen LogP contribution in [-0.2, 0) is 16.4 Å². The van der Waals surface area contributed by atoms with E-state index in [1.54, 1.807) is 19.1 Å². The summed E-state index contributed by atoms with van der Waals surface area (Å²) in [5.41, 5.74) is 5.42. The highest BCUT2D eigenvalue weighted by molar-refractivity contribution is 7.89. The summed E-state index contributed by atoms with van der Waals surface area (Å²) in [4.78, 5) is -0.134. The molecule has 1 heterocycles. The molecule has 3 N–H and O–H groups in total. The van der Waals surface area contributed by atoms with Crippen molar-refractivity contribution in [3.8, 4) is 0 Å². The molecule has 7 heteroatoms. The van der Waals surface area contributed by atoms with Gasteiger partial charge in [0, 0.05) is 12.5 Å². The number of furan rings is 1. The van der Waals surface area contributed by atoms with Crippen LogP contribution in [0.2, 0.25) is 0 Å². The maximum Gasteiger partial charge on any atom is 0.242 e. The van der Waals surface area contributed by atoms with E-state index in [4.69, 9.17) is 10.2 Å². The second-order valence-corrected chi connectivity index (χ2v) is 6.17. The Morgan fingerprint density at radius 2 is 2.15 bits per heavy atom. The van der Waals surface area contributed by atoms with Crippen molar-refractivity contribution in [3.05, 3.63) is 48.2 Å². The quantitative estimate of drug-likeness (QED) is 0.826. The highest BCUT2D eigenvalue weighted by atomic mass is 32.2. The van der Waals surface area contributed by atoms with E-state index in [2.05, 4.69) is 4.72 Å². The third-order valence-corrected chi connectivity index (χ3v) is 4.37. The molecular weight excluding hydrogens is 283 g/mol. The molecule has 1 atom stereocenters. The van der Waals surface area contributed by atoms with Crippen molar-refractivity contribution in [2.24, 2.45) is 0 Å². The number of sulfonamides is 1. The summed E-state index contributed by atoms with van der Waals surface area (Å²) >= 11 is 0. The summed E-state index contributed by atoms with van der Waals surface area (Å²) in [5, 5.41) is 0. The number of rotatable bonds is 5. The first kappa shape index (κ1) is 14.5. The number of nitrogen functional groups attached to an aromatic ring is 1. The second-order valence-electron chi connectivity index (χ2n) is 4.49. The van der Waals surface area contributed by atoms with E-state index >= 15 is 0 Å². The lowest BCUT2D eigenvalue weighted by molar-refractivity contribution is 0.479. The Hall–Kier alpha value is -1.86. The molecular formula is C13H15FN2O3S. The smallest absolute Gasteiger partial charge is 0.242 e. The molecule has 5 nitrogen and oxygen atoms in total. The fraction of sp³-hybridized carbons (Fsp3) is 0.231. The highest BCUT2D eigenvalue weighted by Gasteiger charge is 2.21. The van der Waals surface area contributed by atoms with Gasteiger partial charge in [0.25, 0.3) is 0 Å². The normalized spacial score (nSPS) is 13.3. The molecule has 0 aliphatic rings. The Kier molecular flexibility index (Phi) is 4.10. The molecule has 0 bridgehead atoms. The molecule has 0 saturated carbocycles. The summed E-state index contributed by atoms with van der Waals surface area (Å²) in [6, 6.07) is 6.29. The van der Waals surface area contributed by atoms with E-state index < -0.39 is 15.8 Å². The molecule has 20 heavy (non-hydrogen) atoms. The molecule has 1 unspecified atom stereocenters. The SMILES string of the molecule is CC(Cc1ccco1)NS(=O)(=O)c1ccc(F)cc1N. The van der Waals surface area contributed by atoms with Gasteiger partial charge in [-0.15, -0.1) is 0 Å². The average Bonchev–Trinajstić information content (AvgIpc) is 2.79. The zero-order valence-corrected chi connectivity index (χ0v) is 11.7. The van der Waals surface area contributed by atoms with Crippen LogP contribution in [-0.4, -0.2) is 14.5 Å². The number of anilines is 1. The van der Waals surface area contributed by atoms with Gasteiger partial charge in [-0.2, -0.15) is 0 Å². The van der Waals surface area contributed by atoms with Gasteiger partial charge >= 0.3 is 0 Å². The topological polar surface area (TPSA) is 85.3 Å². The Bertz CT molecular complexity index is 684. The molecule has 0 aliphatic heterocycles. The van der Waals surface area contributed by atoms with Gasteiger partial charge in [0.05, 0.1) is 12.0 Å². The molecule has 0 saturated heterocycles. The first-order valence-corrected chi connectivity index (χ1v) is 7.46. The number of hydrogen-bond acceptors (Lipinski definition) is 4. The van der Waals surface area contributed by atoms with Crippen LogP contribution in [0, 0.1) is 5.82 Å². The van der Waals surface area contributed by atoms with Crippen molar-refractivity contribution < 1.29 is 17.2 Å². The summed E-state index contributed by atoms with van der Waals surface area (Å²) in [7, 11) is -3.79. The first-order chi connectivity index (χ1) is 9.38. The Morgan fingerprint density at radius 1 is 1.40 bits per heavy atom. The van der Waals surface area contributed by atoms with Gasteiger partial charge in [-0.05, 0) is 37.3 Å². The molecule has 0 spiro atoms. The minimum Gasteiger partial charge on any atom is -0.469 e. The Morgan fingerprint density at radius 3 is 2.75 bits per heavy atom. The van der Waals surface area contributed by atoms with Crippen molar-refractivity contribution in [1.82, 2.24) is 4.72 Å². The van der Waals surface area contributed by atoms with Crippen molar-refractivity contribution in [2.75, 3.05) is 5.73 Å². The van der Waals surface area contributed by atoms with Crippen LogP contribution >= 0.6 is 0 Å². The van der Waals surface area contributed by atoms with E-state index in [1.165, 1.54) is 6.26 Å². The minimum absolute atomic E-state index is 0.123. The number of benzene rings is 1. The third kappa shape index (κ3) is 3.37. The zero-order valence-electron chi connectivity index (χ0n) is 10.8. The van der Waals surface area contributed by atoms with Crippen LogP contribution in [0.15, 0.2) is 45.9 Å². The van der Waals surface area contributed by atoms with Crippen molar-refractivity contribution in [3.63, 3.8) is 0 Å². The summed E-state index contributed by atoms with van der Waals surface area (Å²) < 4.78 is 44.9.